The number of hydrogen-bond donors (Lipinski definition) is 1. The highest BCUT2D eigenvalue weighted by Gasteiger charge is 2.09. The normalized spacial score (nSPS) is 9.74. The Kier molecular flexibility index (Phi) is 3.53. The largest absolute Gasteiger partial charge is 0.497 e. The van der Waals surface area contributed by atoms with Gasteiger partial charge in [-0.05, 0) is 24.3 Å². The van der Waals surface area contributed by atoms with Crippen LogP contribution in [0.3, 0.4) is 0 Å². The summed E-state index contributed by atoms with van der Waals surface area (Å²) in [6, 6.07) is 10.6. The van der Waals surface area contributed by atoms with Crippen LogP contribution < -0.4 is 15.2 Å². The fraction of sp³-hybridized carbons (Fsp3) is 0.0714. The van der Waals surface area contributed by atoms with Crippen molar-refractivity contribution < 1.29 is 13.9 Å². The van der Waals surface area contributed by atoms with Crippen molar-refractivity contribution in [1.29, 1.82) is 5.26 Å². The smallest absolute Gasteiger partial charge is 0.150 e. The van der Waals surface area contributed by atoms with Gasteiger partial charge in [-0.3, -0.25) is 0 Å². The van der Waals surface area contributed by atoms with Gasteiger partial charge in [-0.2, -0.15) is 5.26 Å². The molecule has 0 saturated carbocycles. The molecule has 0 aliphatic heterocycles. The topological polar surface area (TPSA) is 68.3 Å². The van der Waals surface area contributed by atoms with Gasteiger partial charge in [0.05, 0.1) is 18.4 Å². The lowest BCUT2D eigenvalue weighted by atomic mass is 10.2. The molecule has 4 nitrogen and oxygen atoms in total. The number of nitrogens with two attached hydrogens (primary N) is 1. The Labute approximate surface area is 109 Å². The molecule has 2 aromatic carbocycles. The molecule has 2 N–H and O–H groups in total. The molecule has 2 aromatic rings. The lowest BCUT2D eigenvalue weighted by Gasteiger charge is -2.11. The molecule has 0 amide bonds. The van der Waals surface area contributed by atoms with Crippen LogP contribution in [0.15, 0.2) is 36.4 Å². The first kappa shape index (κ1) is 12.7. The van der Waals surface area contributed by atoms with Gasteiger partial charge in [-0.1, -0.05) is 0 Å². The van der Waals surface area contributed by atoms with Gasteiger partial charge in [0.2, 0.25) is 0 Å². The van der Waals surface area contributed by atoms with E-state index < -0.39 is 5.82 Å². The van der Waals surface area contributed by atoms with Crippen molar-refractivity contribution in [3.63, 3.8) is 0 Å². The second-order valence-electron chi connectivity index (χ2n) is 3.76. The van der Waals surface area contributed by atoms with E-state index in [0.29, 0.717) is 17.1 Å². The van der Waals surface area contributed by atoms with E-state index in [1.54, 1.807) is 18.2 Å². The Bertz CT molecular complexity index is 650. The Morgan fingerprint density at radius 1 is 1.16 bits per heavy atom. The van der Waals surface area contributed by atoms with Gasteiger partial charge in [0.1, 0.15) is 23.4 Å². The molecule has 0 saturated heterocycles. The molecule has 0 unspecified atom stereocenters. The molecule has 0 aliphatic carbocycles. The number of halogens is 1. The Morgan fingerprint density at radius 2 is 1.95 bits per heavy atom. The average molecular weight is 258 g/mol. The maximum atomic E-state index is 12.9. The molecule has 0 aromatic heterocycles. The van der Waals surface area contributed by atoms with Crippen LogP contribution in [0.1, 0.15) is 5.56 Å². The monoisotopic (exact) mass is 258 g/mol. The van der Waals surface area contributed by atoms with Crippen LogP contribution in [0.4, 0.5) is 10.1 Å². The third-order valence-corrected chi connectivity index (χ3v) is 2.50. The second kappa shape index (κ2) is 5.27. The SMILES string of the molecule is COc1ccc(C#N)c(Oc2ccc(F)cc2N)c1. The van der Waals surface area contributed by atoms with E-state index in [2.05, 4.69) is 0 Å². The van der Waals surface area contributed by atoms with Crippen LogP contribution in [0.5, 0.6) is 17.2 Å². The number of rotatable bonds is 3. The summed E-state index contributed by atoms with van der Waals surface area (Å²) in [6.45, 7) is 0. The zero-order valence-corrected chi connectivity index (χ0v) is 10.2. The van der Waals surface area contributed by atoms with Crippen molar-refractivity contribution in [3.05, 3.63) is 47.8 Å². The molecule has 0 heterocycles. The minimum Gasteiger partial charge on any atom is -0.497 e. The average Bonchev–Trinajstić information content (AvgIpc) is 2.41. The number of anilines is 1. The van der Waals surface area contributed by atoms with Gasteiger partial charge >= 0.3 is 0 Å². The van der Waals surface area contributed by atoms with Gasteiger partial charge in [0.25, 0.3) is 0 Å². The number of ether oxygens (including phenoxy) is 2. The molecule has 96 valence electrons. The van der Waals surface area contributed by atoms with Gasteiger partial charge in [-0.25, -0.2) is 4.39 Å². The molecule has 0 aliphatic rings. The standard InChI is InChI=1S/C14H11FN2O2/c1-18-11-4-2-9(8-16)14(7-11)19-13-5-3-10(15)6-12(13)17/h2-7H,17H2,1H3. The minimum absolute atomic E-state index is 0.159. The fourth-order valence-corrected chi connectivity index (χ4v) is 1.54. The summed E-state index contributed by atoms with van der Waals surface area (Å²) in [5.41, 5.74) is 6.15. The van der Waals surface area contributed by atoms with E-state index in [1.807, 2.05) is 6.07 Å². The molecular weight excluding hydrogens is 247 g/mol. The Morgan fingerprint density at radius 3 is 2.58 bits per heavy atom. The maximum Gasteiger partial charge on any atom is 0.150 e. The van der Waals surface area contributed by atoms with Crippen LogP contribution in [0.25, 0.3) is 0 Å². The van der Waals surface area contributed by atoms with Crippen molar-refractivity contribution in [2.24, 2.45) is 0 Å². The van der Waals surface area contributed by atoms with Crippen LogP contribution in [-0.2, 0) is 0 Å². The van der Waals surface area contributed by atoms with E-state index in [-0.39, 0.29) is 11.4 Å². The predicted octanol–water partition coefficient (Wildman–Crippen LogP) is 3.08. The summed E-state index contributed by atoms with van der Waals surface area (Å²) >= 11 is 0. The van der Waals surface area contributed by atoms with Crippen molar-refractivity contribution in [2.45, 2.75) is 0 Å². The molecule has 0 fully saturated rings. The quantitative estimate of drug-likeness (QED) is 0.859. The van der Waals surface area contributed by atoms with E-state index >= 15 is 0 Å². The zero-order chi connectivity index (χ0) is 13.8. The third-order valence-electron chi connectivity index (χ3n) is 2.50. The number of nitrogen functional groups attached to an aromatic ring is 1. The summed E-state index contributed by atoms with van der Waals surface area (Å²) in [5.74, 6) is 0.692. The van der Waals surface area contributed by atoms with Gasteiger partial charge < -0.3 is 15.2 Å². The summed E-state index contributed by atoms with van der Waals surface area (Å²) < 4.78 is 23.5. The van der Waals surface area contributed by atoms with Gasteiger partial charge in [-0.15, -0.1) is 0 Å². The molecule has 19 heavy (non-hydrogen) atoms. The van der Waals surface area contributed by atoms with Crippen LogP contribution in [-0.4, -0.2) is 7.11 Å². The highest BCUT2D eigenvalue weighted by Crippen LogP contribution is 2.32. The lowest BCUT2D eigenvalue weighted by molar-refractivity contribution is 0.409. The Balaban J connectivity index is 2.39. The summed E-state index contributed by atoms with van der Waals surface area (Å²) in [5, 5.41) is 9.01. The van der Waals surface area contributed by atoms with Crippen molar-refractivity contribution in [1.82, 2.24) is 0 Å². The zero-order valence-electron chi connectivity index (χ0n) is 10.2. The number of benzene rings is 2. The first-order valence-corrected chi connectivity index (χ1v) is 5.45. The van der Waals surface area contributed by atoms with Crippen molar-refractivity contribution >= 4 is 5.69 Å². The lowest BCUT2D eigenvalue weighted by Crippen LogP contribution is -1.95. The highest BCUT2D eigenvalue weighted by molar-refractivity contribution is 5.56. The fourth-order valence-electron chi connectivity index (χ4n) is 1.54. The molecule has 0 bridgehead atoms. The second-order valence-corrected chi connectivity index (χ2v) is 3.76. The summed E-state index contributed by atoms with van der Waals surface area (Å²) in [4.78, 5) is 0. The molecule has 0 atom stereocenters. The molecule has 0 radical (unpaired) electrons. The summed E-state index contributed by atoms with van der Waals surface area (Å²) in [6.07, 6.45) is 0. The van der Waals surface area contributed by atoms with E-state index in [0.717, 1.165) is 6.07 Å². The van der Waals surface area contributed by atoms with Gasteiger partial charge in [0.15, 0.2) is 5.75 Å². The minimum atomic E-state index is -0.448. The van der Waals surface area contributed by atoms with Crippen LogP contribution in [0.2, 0.25) is 0 Å². The van der Waals surface area contributed by atoms with Crippen LogP contribution in [0, 0.1) is 17.1 Å². The van der Waals surface area contributed by atoms with Crippen molar-refractivity contribution in [3.8, 4) is 23.3 Å². The third kappa shape index (κ3) is 2.75. The predicted molar refractivity (Wildman–Crippen MR) is 68.6 cm³/mol. The molecule has 0 spiro atoms. The number of nitriles is 1. The van der Waals surface area contributed by atoms with E-state index in [9.17, 15) is 4.39 Å². The number of nitrogens with zero attached hydrogens (tertiary/aromatic N) is 1. The first-order valence-electron chi connectivity index (χ1n) is 5.45. The number of hydrogen-bond acceptors (Lipinski definition) is 4. The highest BCUT2D eigenvalue weighted by atomic mass is 19.1. The van der Waals surface area contributed by atoms with E-state index in [4.69, 9.17) is 20.5 Å². The van der Waals surface area contributed by atoms with Crippen molar-refractivity contribution in [2.75, 3.05) is 12.8 Å². The summed E-state index contributed by atoms with van der Waals surface area (Å²) in [7, 11) is 1.51. The van der Waals surface area contributed by atoms with E-state index in [1.165, 1.54) is 19.2 Å². The first-order chi connectivity index (χ1) is 9.13. The molecular formula is C14H11FN2O2. The van der Waals surface area contributed by atoms with Crippen LogP contribution >= 0.6 is 0 Å². The molecule has 2 rings (SSSR count). The maximum absolute atomic E-state index is 12.9. The van der Waals surface area contributed by atoms with Gasteiger partial charge in [0, 0.05) is 12.1 Å². The molecule has 5 heteroatoms. The Hall–Kier alpha value is -2.74. The number of methoxy groups -OCH3 is 1.